The quantitative estimate of drug-likeness (QED) is 0.708. The smallest absolute Gasteiger partial charge is 0.280 e. The fourth-order valence-corrected chi connectivity index (χ4v) is 2.65. The van der Waals surface area contributed by atoms with E-state index in [9.17, 15) is 9.18 Å². The van der Waals surface area contributed by atoms with Crippen LogP contribution in [-0.4, -0.2) is 36.9 Å². The van der Waals surface area contributed by atoms with Crippen LogP contribution >= 0.6 is 0 Å². The van der Waals surface area contributed by atoms with E-state index in [1.54, 1.807) is 0 Å². The Morgan fingerprint density at radius 1 is 1.74 bits per heavy atom. The number of hydrogen-bond acceptors (Lipinski definition) is 5. The minimum Gasteiger partial charge on any atom is -0.396 e. The van der Waals surface area contributed by atoms with Gasteiger partial charge in [0.25, 0.3) is 5.56 Å². The van der Waals surface area contributed by atoms with Gasteiger partial charge in [0.05, 0.1) is 12.4 Å². The van der Waals surface area contributed by atoms with Crippen molar-refractivity contribution in [1.82, 2.24) is 19.5 Å². The summed E-state index contributed by atoms with van der Waals surface area (Å²) in [5.74, 6) is -0.438. The molecule has 102 valence electrons. The number of aliphatic hydroxyl groups is 1. The summed E-state index contributed by atoms with van der Waals surface area (Å²) in [7, 11) is 0. The van der Waals surface area contributed by atoms with Gasteiger partial charge < -0.3 is 15.4 Å². The van der Waals surface area contributed by atoms with E-state index in [1.807, 2.05) is 0 Å². The van der Waals surface area contributed by atoms with Crippen molar-refractivity contribution in [3.63, 3.8) is 0 Å². The van der Waals surface area contributed by atoms with Crippen LogP contribution in [-0.2, 0) is 0 Å². The minimum absolute atomic E-state index is 0.0298. The highest BCUT2D eigenvalue weighted by Gasteiger charge is 2.53. The van der Waals surface area contributed by atoms with Gasteiger partial charge in [-0.3, -0.25) is 9.78 Å². The van der Waals surface area contributed by atoms with Crippen LogP contribution in [0.3, 0.4) is 0 Å². The molecule has 0 unspecified atom stereocenters. The maximum Gasteiger partial charge on any atom is 0.280 e. The maximum absolute atomic E-state index is 14.5. The molecule has 7 nitrogen and oxygen atoms in total. The SMILES string of the molecule is C[C@@]1(F)[C@@H](CO)C[C@H]1n1cnc2c(=O)[nH]c(N)nc21. The van der Waals surface area contributed by atoms with Gasteiger partial charge in [-0.15, -0.1) is 0 Å². The van der Waals surface area contributed by atoms with Gasteiger partial charge in [-0.05, 0) is 13.3 Å². The number of hydrogen-bond donors (Lipinski definition) is 3. The molecule has 3 atom stereocenters. The summed E-state index contributed by atoms with van der Waals surface area (Å²) < 4.78 is 16.0. The van der Waals surface area contributed by atoms with E-state index in [0.717, 1.165) is 0 Å². The molecule has 0 spiro atoms. The molecule has 0 aromatic carbocycles. The lowest BCUT2D eigenvalue weighted by Gasteiger charge is -2.47. The fourth-order valence-electron chi connectivity index (χ4n) is 2.65. The van der Waals surface area contributed by atoms with E-state index >= 15 is 0 Å². The van der Waals surface area contributed by atoms with Crippen molar-refractivity contribution in [2.45, 2.75) is 25.1 Å². The lowest BCUT2D eigenvalue weighted by Crippen LogP contribution is -2.52. The van der Waals surface area contributed by atoms with Crippen LogP contribution in [0, 0.1) is 5.92 Å². The Balaban J connectivity index is 2.11. The lowest BCUT2D eigenvalue weighted by atomic mass is 9.68. The molecule has 0 radical (unpaired) electrons. The highest BCUT2D eigenvalue weighted by molar-refractivity contribution is 5.70. The molecular weight excluding hydrogens is 253 g/mol. The van der Waals surface area contributed by atoms with E-state index in [0.29, 0.717) is 6.42 Å². The fraction of sp³-hybridized carbons (Fsp3) is 0.545. The third kappa shape index (κ3) is 1.56. The standard InChI is InChI=1S/C11H14FN5O2/c1-11(12)5(3-18)2-6(11)17-4-14-7-8(17)15-10(13)16-9(7)19/h4-6,18H,2-3H2,1H3,(H3,13,15,16,19)/t5-,6-,11-/m1/s1. The number of nitrogens with two attached hydrogens (primary N) is 1. The van der Waals surface area contributed by atoms with Crippen LogP contribution in [0.4, 0.5) is 10.3 Å². The predicted molar refractivity (Wildman–Crippen MR) is 66.3 cm³/mol. The number of alkyl halides is 1. The summed E-state index contributed by atoms with van der Waals surface area (Å²) >= 11 is 0. The topological polar surface area (TPSA) is 110 Å². The van der Waals surface area contributed by atoms with Crippen LogP contribution in [0.1, 0.15) is 19.4 Å². The van der Waals surface area contributed by atoms with Gasteiger partial charge in [0.15, 0.2) is 11.2 Å². The first kappa shape index (κ1) is 12.1. The summed E-state index contributed by atoms with van der Waals surface area (Å²) in [6.45, 7) is 1.23. The first-order chi connectivity index (χ1) is 8.95. The van der Waals surface area contributed by atoms with E-state index in [1.165, 1.54) is 17.8 Å². The molecule has 19 heavy (non-hydrogen) atoms. The number of nitrogens with zero attached hydrogens (tertiary/aromatic N) is 3. The third-order valence-corrected chi connectivity index (χ3v) is 3.96. The van der Waals surface area contributed by atoms with Crippen molar-refractivity contribution in [2.24, 2.45) is 5.92 Å². The number of nitrogen functional groups attached to an aromatic ring is 1. The van der Waals surface area contributed by atoms with Crippen molar-refractivity contribution in [3.05, 3.63) is 16.7 Å². The van der Waals surface area contributed by atoms with Crippen LogP contribution in [0.2, 0.25) is 0 Å². The molecule has 2 heterocycles. The Morgan fingerprint density at radius 3 is 3.11 bits per heavy atom. The van der Waals surface area contributed by atoms with Gasteiger partial charge in [-0.25, -0.2) is 9.37 Å². The van der Waals surface area contributed by atoms with Crippen LogP contribution < -0.4 is 11.3 Å². The number of rotatable bonds is 2. The number of aromatic amines is 1. The number of imidazole rings is 1. The van der Waals surface area contributed by atoms with Gasteiger partial charge in [0, 0.05) is 12.5 Å². The largest absolute Gasteiger partial charge is 0.396 e. The molecule has 4 N–H and O–H groups in total. The van der Waals surface area contributed by atoms with Gasteiger partial charge in [-0.1, -0.05) is 0 Å². The van der Waals surface area contributed by atoms with Gasteiger partial charge in [0.2, 0.25) is 5.95 Å². The monoisotopic (exact) mass is 267 g/mol. The highest BCUT2D eigenvalue weighted by atomic mass is 19.1. The molecule has 1 saturated carbocycles. The van der Waals surface area contributed by atoms with Gasteiger partial charge in [-0.2, -0.15) is 4.98 Å². The number of nitrogens with one attached hydrogen (secondary N) is 1. The number of halogens is 1. The molecule has 0 aliphatic heterocycles. The third-order valence-electron chi connectivity index (χ3n) is 3.96. The number of aromatic nitrogens is 4. The summed E-state index contributed by atoms with van der Waals surface area (Å²) in [5.41, 5.74) is 3.90. The minimum atomic E-state index is -1.55. The second kappa shape index (κ2) is 3.77. The Bertz CT molecular complexity index is 692. The Hall–Kier alpha value is -1.96. The molecule has 1 aliphatic rings. The average molecular weight is 267 g/mol. The summed E-state index contributed by atoms with van der Waals surface area (Å²) in [4.78, 5) is 21.9. The number of aliphatic hydroxyl groups excluding tert-OH is 1. The predicted octanol–water partition coefficient (Wildman–Crippen LogP) is -0.0167. The zero-order chi connectivity index (χ0) is 13.8. The summed E-state index contributed by atoms with van der Waals surface area (Å²) in [6, 6.07) is -0.497. The van der Waals surface area contributed by atoms with Crippen molar-refractivity contribution < 1.29 is 9.50 Å². The maximum atomic E-state index is 14.5. The molecule has 2 aromatic heterocycles. The van der Waals surface area contributed by atoms with Crippen molar-refractivity contribution >= 4 is 17.1 Å². The molecule has 0 amide bonds. The van der Waals surface area contributed by atoms with E-state index in [2.05, 4.69) is 15.0 Å². The first-order valence-corrected chi connectivity index (χ1v) is 5.97. The summed E-state index contributed by atoms with van der Waals surface area (Å²) in [6.07, 6.45) is 1.87. The molecule has 0 saturated heterocycles. The van der Waals surface area contributed by atoms with Crippen molar-refractivity contribution in [2.75, 3.05) is 12.3 Å². The van der Waals surface area contributed by atoms with Crippen molar-refractivity contribution in [3.8, 4) is 0 Å². The van der Waals surface area contributed by atoms with Gasteiger partial charge >= 0.3 is 0 Å². The Morgan fingerprint density at radius 2 is 2.47 bits per heavy atom. The molecule has 3 rings (SSSR count). The number of H-pyrrole nitrogens is 1. The second-order valence-corrected chi connectivity index (χ2v) is 5.06. The van der Waals surface area contributed by atoms with Crippen LogP contribution in [0.15, 0.2) is 11.1 Å². The lowest BCUT2D eigenvalue weighted by molar-refractivity contribution is -0.0809. The second-order valence-electron chi connectivity index (χ2n) is 5.06. The van der Waals surface area contributed by atoms with E-state index in [-0.39, 0.29) is 23.7 Å². The summed E-state index contributed by atoms with van der Waals surface area (Å²) in [5, 5.41) is 9.08. The molecule has 1 fully saturated rings. The Kier molecular flexibility index (Phi) is 2.40. The first-order valence-electron chi connectivity index (χ1n) is 5.97. The number of fused-ring (bicyclic) bond motifs is 1. The van der Waals surface area contributed by atoms with Gasteiger partial charge in [0.1, 0.15) is 5.67 Å². The molecule has 8 heteroatoms. The van der Waals surface area contributed by atoms with E-state index in [4.69, 9.17) is 10.8 Å². The molecule has 2 aromatic rings. The number of anilines is 1. The Labute approximate surface area is 107 Å². The van der Waals surface area contributed by atoms with Crippen molar-refractivity contribution in [1.29, 1.82) is 0 Å². The van der Waals surface area contributed by atoms with Crippen LogP contribution in [0.5, 0.6) is 0 Å². The molecule has 0 bridgehead atoms. The molecular formula is C11H14FN5O2. The highest BCUT2D eigenvalue weighted by Crippen LogP contribution is 2.50. The normalized spacial score (nSPS) is 30.5. The zero-order valence-electron chi connectivity index (χ0n) is 10.3. The zero-order valence-corrected chi connectivity index (χ0v) is 10.3. The molecule has 1 aliphatic carbocycles. The van der Waals surface area contributed by atoms with Crippen LogP contribution in [0.25, 0.3) is 11.2 Å². The van der Waals surface area contributed by atoms with E-state index < -0.39 is 23.2 Å². The average Bonchev–Trinajstić information content (AvgIpc) is 2.72.